The van der Waals surface area contributed by atoms with E-state index in [1.165, 1.54) is 0 Å². The zero-order valence-electron chi connectivity index (χ0n) is 12.9. The van der Waals surface area contributed by atoms with Crippen LogP contribution in [0.1, 0.15) is 18.5 Å². The average Bonchev–Trinajstić information content (AvgIpc) is 3.28. The minimum absolute atomic E-state index is 0. The molecule has 0 radical (unpaired) electrons. The lowest BCUT2D eigenvalue weighted by molar-refractivity contribution is 0.238. The van der Waals surface area contributed by atoms with Gasteiger partial charge in [0.15, 0.2) is 0 Å². The van der Waals surface area contributed by atoms with Crippen LogP contribution in [0.2, 0.25) is 5.02 Å². The van der Waals surface area contributed by atoms with Gasteiger partial charge in [0.2, 0.25) is 0 Å². The van der Waals surface area contributed by atoms with E-state index in [-0.39, 0.29) is 30.2 Å². The summed E-state index contributed by atoms with van der Waals surface area (Å²) in [5.74, 6) is 0.797. The van der Waals surface area contributed by atoms with Gasteiger partial charge in [-0.15, -0.1) is 24.8 Å². The molecule has 0 bridgehead atoms. The number of aryl methyl sites for hydroxylation is 1. The second-order valence-corrected chi connectivity index (χ2v) is 6.24. The van der Waals surface area contributed by atoms with E-state index in [0.717, 1.165) is 40.4 Å². The summed E-state index contributed by atoms with van der Waals surface area (Å²) in [6, 6.07) is 9.81. The normalized spacial score (nSPS) is 14.4. The van der Waals surface area contributed by atoms with Crippen LogP contribution in [0.5, 0.6) is 5.75 Å². The number of nitrogens with zero attached hydrogens (tertiary/aromatic N) is 1. The molecule has 3 rings (SSSR count). The van der Waals surface area contributed by atoms with Crippen LogP contribution in [-0.2, 0) is 0 Å². The van der Waals surface area contributed by atoms with Gasteiger partial charge in [0.25, 0.3) is 0 Å². The summed E-state index contributed by atoms with van der Waals surface area (Å²) in [6.45, 7) is 3.36. The van der Waals surface area contributed by atoms with Crippen LogP contribution in [0.4, 0.5) is 0 Å². The van der Waals surface area contributed by atoms with Gasteiger partial charge >= 0.3 is 0 Å². The van der Waals surface area contributed by atoms with E-state index in [1.807, 2.05) is 37.3 Å². The van der Waals surface area contributed by atoms with Crippen molar-refractivity contribution in [1.29, 1.82) is 0 Å². The molecule has 2 aromatic rings. The van der Waals surface area contributed by atoms with Gasteiger partial charge < -0.3 is 10.5 Å². The van der Waals surface area contributed by atoms with E-state index in [1.54, 1.807) is 6.20 Å². The standard InChI is InChI=1S/C17H19ClN2O.2ClH/c1-12-16(13-2-4-14(18)5-3-13)8-15(9-20-12)21-11-17(10-19)6-7-17;;/h2-5,8-9H,6-7,10-11,19H2,1H3;2*1H. The van der Waals surface area contributed by atoms with Crippen molar-refractivity contribution >= 4 is 36.4 Å². The topological polar surface area (TPSA) is 48.1 Å². The molecule has 0 unspecified atom stereocenters. The van der Waals surface area contributed by atoms with Gasteiger partial charge in [-0.25, -0.2) is 0 Å². The number of pyridine rings is 1. The van der Waals surface area contributed by atoms with Crippen molar-refractivity contribution in [1.82, 2.24) is 4.98 Å². The van der Waals surface area contributed by atoms with Crippen molar-refractivity contribution in [2.75, 3.05) is 13.2 Å². The van der Waals surface area contributed by atoms with E-state index in [4.69, 9.17) is 22.1 Å². The number of halogens is 3. The van der Waals surface area contributed by atoms with Gasteiger partial charge in [-0.05, 0) is 43.5 Å². The Labute approximate surface area is 154 Å². The fourth-order valence-corrected chi connectivity index (χ4v) is 2.46. The Hall–Kier alpha value is -1.000. The summed E-state index contributed by atoms with van der Waals surface area (Å²) in [5.41, 5.74) is 9.12. The molecule has 23 heavy (non-hydrogen) atoms. The monoisotopic (exact) mass is 374 g/mol. The van der Waals surface area contributed by atoms with Gasteiger partial charge in [-0.3, -0.25) is 4.98 Å². The minimum atomic E-state index is 0. The van der Waals surface area contributed by atoms with Gasteiger partial charge in [-0.1, -0.05) is 23.7 Å². The van der Waals surface area contributed by atoms with E-state index >= 15 is 0 Å². The molecule has 0 atom stereocenters. The predicted octanol–water partition coefficient (Wildman–Crippen LogP) is 4.67. The highest BCUT2D eigenvalue weighted by Gasteiger charge is 2.42. The summed E-state index contributed by atoms with van der Waals surface area (Å²) in [7, 11) is 0. The Balaban J connectivity index is 0.00000132. The molecule has 0 amide bonds. The van der Waals surface area contributed by atoms with Crippen molar-refractivity contribution in [3.8, 4) is 16.9 Å². The first-order chi connectivity index (χ1) is 10.1. The third-order valence-corrected chi connectivity index (χ3v) is 4.40. The van der Waals surface area contributed by atoms with Gasteiger partial charge in [0, 0.05) is 28.2 Å². The number of ether oxygens (including phenoxy) is 1. The first-order valence-electron chi connectivity index (χ1n) is 7.17. The number of hydrogen-bond donors (Lipinski definition) is 1. The van der Waals surface area contributed by atoms with Crippen LogP contribution in [0.3, 0.4) is 0 Å². The summed E-state index contributed by atoms with van der Waals surface area (Å²) in [5, 5.41) is 0.732. The fourth-order valence-electron chi connectivity index (χ4n) is 2.34. The molecular weight excluding hydrogens is 355 g/mol. The number of nitrogens with two attached hydrogens (primary N) is 1. The average molecular weight is 376 g/mol. The van der Waals surface area contributed by atoms with Crippen LogP contribution in [0.25, 0.3) is 11.1 Å². The first kappa shape index (κ1) is 20.0. The molecule has 1 fully saturated rings. The summed E-state index contributed by atoms with van der Waals surface area (Å²) in [4.78, 5) is 4.44. The molecule has 1 aromatic carbocycles. The van der Waals surface area contributed by atoms with Crippen molar-refractivity contribution in [3.05, 3.63) is 47.2 Å². The Kier molecular flexibility index (Phi) is 7.15. The Bertz CT molecular complexity index is 643. The minimum Gasteiger partial charge on any atom is -0.491 e. The van der Waals surface area contributed by atoms with Crippen LogP contribution in [0, 0.1) is 12.3 Å². The molecule has 6 heteroatoms. The maximum absolute atomic E-state index is 5.94. The molecule has 126 valence electrons. The highest BCUT2D eigenvalue weighted by Crippen LogP contribution is 2.44. The quantitative estimate of drug-likeness (QED) is 0.826. The summed E-state index contributed by atoms with van der Waals surface area (Å²) >= 11 is 5.94. The number of aromatic nitrogens is 1. The SMILES string of the molecule is Cc1ncc(OCC2(CN)CC2)cc1-c1ccc(Cl)cc1.Cl.Cl. The third kappa shape index (κ3) is 4.74. The maximum atomic E-state index is 5.94. The van der Waals surface area contributed by atoms with Gasteiger partial charge in [0.05, 0.1) is 12.8 Å². The lowest BCUT2D eigenvalue weighted by Crippen LogP contribution is -2.22. The second kappa shape index (κ2) is 8.20. The third-order valence-electron chi connectivity index (χ3n) is 4.15. The molecule has 0 aliphatic heterocycles. The van der Waals surface area contributed by atoms with Gasteiger partial charge in [-0.2, -0.15) is 0 Å². The maximum Gasteiger partial charge on any atom is 0.138 e. The van der Waals surface area contributed by atoms with Gasteiger partial charge in [0.1, 0.15) is 5.75 Å². The molecule has 2 N–H and O–H groups in total. The molecule has 0 saturated heterocycles. The zero-order chi connectivity index (χ0) is 14.9. The molecule has 1 heterocycles. The Morgan fingerprint density at radius 2 is 1.87 bits per heavy atom. The molecule has 1 saturated carbocycles. The Morgan fingerprint density at radius 1 is 1.22 bits per heavy atom. The predicted molar refractivity (Wildman–Crippen MR) is 100 cm³/mol. The molecule has 1 aliphatic carbocycles. The zero-order valence-corrected chi connectivity index (χ0v) is 15.3. The molecule has 0 spiro atoms. The lowest BCUT2D eigenvalue weighted by Gasteiger charge is -2.15. The Morgan fingerprint density at radius 3 is 2.43 bits per heavy atom. The number of rotatable bonds is 5. The molecule has 3 nitrogen and oxygen atoms in total. The van der Waals surface area contributed by atoms with Crippen LogP contribution < -0.4 is 10.5 Å². The number of benzene rings is 1. The highest BCUT2D eigenvalue weighted by atomic mass is 35.5. The van der Waals surface area contributed by atoms with Crippen molar-refractivity contribution in [3.63, 3.8) is 0 Å². The molecule has 1 aliphatic rings. The highest BCUT2D eigenvalue weighted by molar-refractivity contribution is 6.30. The largest absolute Gasteiger partial charge is 0.491 e. The van der Waals surface area contributed by atoms with Crippen LogP contribution in [0.15, 0.2) is 36.5 Å². The van der Waals surface area contributed by atoms with E-state index < -0.39 is 0 Å². The van der Waals surface area contributed by atoms with Crippen molar-refractivity contribution < 1.29 is 4.74 Å². The number of hydrogen-bond acceptors (Lipinski definition) is 3. The summed E-state index contributed by atoms with van der Waals surface area (Å²) < 4.78 is 5.90. The lowest BCUT2D eigenvalue weighted by atomic mass is 10.0. The van der Waals surface area contributed by atoms with E-state index in [9.17, 15) is 0 Å². The summed E-state index contributed by atoms with van der Waals surface area (Å²) in [6.07, 6.45) is 4.10. The molecule has 1 aromatic heterocycles. The first-order valence-corrected chi connectivity index (χ1v) is 7.55. The smallest absolute Gasteiger partial charge is 0.138 e. The molecular formula is C17H21Cl3N2O. The van der Waals surface area contributed by atoms with E-state index in [2.05, 4.69) is 4.98 Å². The fraction of sp³-hybridized carbons (Fsp3) is 0.353. The van der Waals surface area contributed by atoms with E-state index in [0.29, 0.717) is 13.2 Å². The van der Waals surface area contributed by atoms with Crippen LogP contribution in [-0.4, -0.2) is 18.1 Å². The van der Waals surface area contributed by atoms with Crippen LogP contribution >= 0.6 is 36.4 Å². The second-order valence-electron chi connectivity index (χ2n) is 5.80. The van der Waals surface area contributed by atoms with Crippen molar-refractivity contribution in [2.24, 2.45) is 11.1 Å². The van der Waals surface area contributed by atoms with Crippen molar-refractivity contribution in [2.45, 2.75) is 19.8 Å².